The molecule has 2 saturated heterocycles. The number of aryl methyl sites for hydroxylation is 1. The quantitative estimate of drug-likeness (QED) is 0.406. The van der Waals surface area contributed by atoms with Crippen LogP contribution in [0.25, 0.3) is 0 Å². The van der Waals surface area contributed by atoms with Crippen LogP contribution in [0.4, 0.5) is 4.79 Å². The number of nitrogens with one attached hydrogen (secondary N) is 1. The molecular formula is C31H36N3O3. The van der Waals surface area contributed by atoms with Gasteiger partial charge in [0.15, 0.2) is 0 Å². The molecule has 3 aromatic rings. The van der Waals surface area contributed by atoms with E-state index in [0.29, 0.717) is 32.8 Å². The van der Waals surface area contributed by atoms with Gasteiger partial charge in [-0.2, -0.15) is 0 Å². The van der Waals surface area contributed by atoms with E-state index < -0.39 is 0 Å². The second kappa shape index (κ2) is 12.2. The molecule has 1 radical (unpaired) electrons. The molecule has 2 aliphatic rings. The number of nitrogens with zero attached hydrogens (tertiary/aromatic N) is 2. The van der Waals surface area contributed by atoms with Crippen molar-refractivity contribution in [1.82, 2.24) is 15.1 Å². The summed E-state index contributed by atoms with van der Waals surface area (Å²) in [4.78, 5) is 16.2. The van der Waals surface area contributed by atoms with E-state index >= 15 is 0 Å². The van der Waals surface area contributed by atoms with Crippen LogP contribution in [0, 0.1) is 13.0 Å². The van der Waals surface area contributed by atoms with Gasteiger partial charge in [-0.15, -0.1) is 0 Å². The number of hydrogen-bond acceptors (Lipinski definition) is 4. The minimum absolute atomic E-state index is 0.0279. The molecule has 37 heavy (non-hydrogen) atoms. The summed E-state index contributed by atoms with van der Waals surface area (Å²) in [5.41, 5.74) is 6.07. The van der Waals surface area contributed by atoms with Crippen LogP contribution >= 0.6 is 0 Å². The number of carbonyl (C=O) groups is 1. The van der Waals surface area contributed by atoms with E-state index in [2.05, 4.69) is 41.4 Å². The lowest BCUT2D eigenvalue weighted by Gasteiger charge is -2.18. The molecule has 3 aromatic carbocycles. The van der Waals surface area contributed by atoms with Gasteiger partial charge >= 0.3 is 6.03 Å². The minimum Gasteiger partial charge on any atom is -0.491 e. The molecule has 0 unspecified atom stereocenters. The molecule has 0 atom stereocenters. The molecule has 0 aliphatic carbocycles. The number of hydrogen-bond donors (Lipinski definition) is 1. The molecule has 0 bridgehead atoms. The van der Waals surface area contributed by atoms with Gasteiger partial charge in [-0.25, -0.2) is 4.79 Å². The van der Waals surface area contributed by atoms with Crippen molar-refractivity contribution >= 4 is 6.03 Å². The smallest absolute Gasteiger partial charge is 0.317 e. The van der Waals surface area contributed by atoms with Crippen LogP contribution in [0.15, 0.2) is 60.7 Å². The first-order chi connectivity index (χ1) is 18.1. The van der Waals surface area contributed by atoms with Crippen LogP contribution < -0.4 is 14.8 Å². The number of ether oxygens (including phenoxy) is 2. The molecule has 0 saturated carbocycles. The summed E-state index contributed by atoms with van der Waals surface area (Å²) in [5.74, 6) is 1.47. The van der Waals surface area contributed by atoms with Crippen molar-refractivity contribution in [2.75, 3.05) is 39.3 Å². The van der Waals surface area contributed by atoms with Crippen LogP contribution in [-0.4, -0.2) is 55.2 Å². The number of likely N-dealkylation sites (tertiary alicyclic amines) is 1. The largest absolute Gasteiger partial charge is 0.491 e. The maximum Gasteiger partial charge on any atom is 0.317 e. The fraction of sp³-hybridized carbons (Fsp3) is 0.387. The normalized spacial score (nSPS) is 15.7. The highest BCUT2D eigenvalue weighted by molar-refractivity contribution is 5.76. The Labute approximate surface area is 220 Å². The average Bonchev–Trinajstić information content (AvgIpc) is 3.58. The van der Waals surface area contributed by atoms with E-state index in [-0.39, 0.29) is 6.03 Å². The zero-order valence-corrected chi connectivity index (χ0v) is 21.7. The number of urea groups is 1. The molecule has 6 heteroatoms. The lowest BCUT2D eigenvalue weighted by atomic mass is 9.99. The topological polar surface area (TPSA) is 54.0 Å². The monoisotopic (exact) mass is 498 g/mol. The van der Waals surface area contributed by atoms with Crippen LogP contribution in [-0.2, 0) is 19.6 Å². The van der Waals surface area contributed by atoms with E-state index in [1.165, 1.54) is 42.6 Å². The Bertz CT molecular complexity index is 1190. The maximum absolute atomic E-state index is 11.9. The number of rotatable bonds is 11. The molecule has 0 spiro atoms. The third kappa shape index (κ3) is 6.83. The van der Waals surface area contributed by atoms with Crippen molar-refractivity contribution in [1.29, 1.82) is 0 Å². The Kier molecular flexibility index (Phi) is 8.26. The highest BCUT2D eigenvalue weighted by atomic mass is 16.5. The summed E-state index contributed by atoms with van der Waals surface area (Å²) in [6.45, 7) is 8.50. The fourth-order valence-electron chi connectivity index (χ4n) is 5.00. The SMILES string of the molecule is Cc1cc(Cc2[c]cc(OCc3ccccc3)cc2OCCN2CCNC2=O)ccc1CN1CCCC1. The van der Waals surface area contributed by atoms with Gasteiger partial charge in [0.1, 0.15) is 24.7 Å². The first kappa shape index (κ1) is 25.2. The molecule has 2 aliphatic heterocycles. The fourth-order valence-corrected chi connectivity index (χ4v) is 5.00. The van der Waals surface area contributed by atoms with E-state index in [1.54, 1.807) is 4.90 Å². The Morgan fingerprint density at radius 2 is 1.81 bits per heavy atom. The zero-order chi connectivity index (χ0) is 25.5. The van der Waals surface area contributed by atoms with Gasteiger partial charge < -0.3 is 19.7 Å². The molecule has 6 nitrogen and oxygen atoms in total. The second-order valence-corrected chi connectivity index (χ2v) is 9.94. The van der Waals surface area contributed by atoms with Gasteiger partial charge in [-0.3, -0.25) is 4.90 Å². The molecule has 193 valence electrons. The Hall–Kier alpha value is -3.51. The molecule has 0 aromatic heterocycles. The summed E-state index contributed by atoms with van der Waals surface area (Å²) in [5, 5.41) is 2.84. The third-order valence-electron chi connectivity index (χ3n) is 7.15. The van der Waals surface area contributed by atoms with Gasteiger partial charge in [0, 0.05) is 37.7 Å². The predicted octanol–water partition coefficient (Wildman–Crippen LogP) is 4.96. The minimum atomic E-state index is -0.0279. The van der Waals surface area contributed by atoms with Crippen molar-refractivity contribution in [3.63, 3.8) is 0 Å². The standard InChI is InChI=1S/C31H36N3O3/c1-24-19-26(9-10-28(24)22-33-14-5-6-15-33)20-27-11-12-29(37-23-25-7-3-2-4-8-25)21-30(27)36-18-17-34-16-13-32-31(34)35/h2-4,7-10,12,19,21H,5-6,13-18,20,22-23H2,1H3,(H,32,35). The summed E-state index contributed by atoms with van der Waals surface area (Å²) >= 11 is 0. The highest BCUT2D eigenvalue weighted by Crippen LogP contribution is 2.28. The molecular weight excluding hydrogens is 462 g/mol. The predicted molar refractivity (Wildman–Crippen MR) is 145 cm³/mol. The van der Waals surface area contributed by atoms with Gasteiger partial charge in [-0.05, 0) is 67.2 Å². The zero-order valence-electron chi connectivity index (χ0n) is 21.7. The number of amides is 2. The van der Waals surface area contributed by atoms with Crippen LogP contribution in [0.3, 0.4) is 0 Å². The van der Waals surface area contributed by atoms with Gasteiger partial charge in [0.05, 0.1) is 6.54 Å². The average molecular weight is 499 g/mol. The second-order valence-electron chi connectivity index (χ2n) is 9.94. The highest BCUT2D eigenvalue weighted by Gasteiger charge is 2.19. The van der Waals surface area contributed by atoms with Crippen LogP contribution in [0.1, 0.15) is 40.7 Å². The van der Waals surface area contributed by atoms with Crippen molar-refractivity contribution in [2.45, 2.75) is 39.3 Å². The van der Waals surface area contributed by atoms with Gasteiger partial charge in [-0.1, -0.05) is 48.5 Å². The Morgan fingerprint density at radius 3 is 2.57 bits per heavy atom. The number of carbonyl (C=O) groups excluding carboxylic acids is 1. The lowest BCUT2D eigenvalue weighted by molar-refractivity contribution is 0.202. The van der Waals surface area contributed by atoms with Crippen molar-refractivity contribution in [2.24, 2.45) is 0 Å². The summed E-state index contributed by atoms with van der Waals surface area (Å²) in [7, 11) is 0. The summed E-state index contributed by atoms with van der Waals surface area (Å²) in [6, 6.07) is 24.1. The van der Waals surface area contributed by atoms with Crippen molar-refractivity contribution < 1.29 is 14.3 Å². The Balaban J connectivity index is 1.28. The third-order valence-corrected chi connectivity index (χ3v) is 7.15. The molecule has 2 heterocycles. The van der Waals surface area contributed by atoms with E-state index in [1.807, 2.05) is 42.5 Å². The maximum atomic E-state index is 11.9. The first-order valence-corrected chi connectivity index (χ1v) is 13.3. The van der Waals surface area contributed by atoms with E-state index in [9.17, 15) is 4.79 Å². The van der Waals surface area contributed by atoms with E-state index in [0.717, 1.165) is 35.6 Å². The lowest BCUT2D eigenvalue weighted by Crippen LogP contribution is -2.31. The Morgan fingerprint density at radius 1 is 0.973 bits per heavy atom. The van der Waals surface area contributed by atoms with Crippen molar-refractivity contribution in [3.05, 3.63) is 94.5 Å². The molecule has 2 fully saturated rings. The van der Waals surface area contributed by atoms with Gasteiger partial charge in [0.2, 0.25) is 0 Å². The first-order valence-electron chi connectivity index (χ1n) is 13.3. The molecule has 1 N–H and O–H groups in total. The van der Waals surface area contributed by atoms with E-state index in [4.69, 9.17) is 9.47 Å². The number of benzene rings is 3. The summed E-state index contributed by atoms with van der Waals surface area (Å²) < 4.78 is 12.3. The van der Waals surface area contributed by atoms with Crippen molar-refractivity contribution in [3.8, 4) is 11.5 Å². The molecule has 2 amide bonds. The van der Waals surface area contributed by atoms with Gasteiger partial charge in [0.25, 0.3) is 0 Å². The summed E-state index contributed by atoms with van der Waals surface area (Å²) in [6.07, 6.45) is 3.34. The van der Waals surface area contributed by atoms with Crippen LogP contribution in [0.2, 0.25) is 0 Å². The molecule has 5 rings (SSSR count). The van der Waals surface area contributed by atoms with Crippen LogP contribution in [0.5, 0.6) is 11.5 Å².